The van der Waals surface area contributed by atoms with Gasteiger partial charge in [0.2, 0.25) is 0 Å². The van der Waals surface area contributed by atoms with Gasteiger partial charge in [-0.05, 0) is 31.5 Å². The van der Waals surface area contributed by atoms with E-state index in [2.05, 4.69) is 20.6 Å². The first-order chi connectivity index (χ1) is 11.8. The summed E-state index contributed by atoms with van der Waals surface area (Å²) in [5.74, 6) is 0.544. The minimum atomic E-state index is -4.33. The minimum Gasteiger partial charge on any atom is -0.356 e. The Morgan fingerprint density at radius 2 is 1.96 bits per heavy atom. The molecule has 0 amide bonds. The van der Waals surface area contributed by atoms with Crippen molar-refractivity contribution >= 4 is 41.3 Å². The van der Waals surface area contributed by atoms with E-state index in [1.807, 2.05) is 13.8 Å². The zero-order valence-electron chi connectivity index (χ0n) is 14.8. The fourth-order valence-corrected chi connectivity index (χ4v) is 3.13. The van der Waals surface area contributed by atoms with E-state index in [0.29, 0.717) is 18.1 Å². The number of guanidine groups is 1. The van der Waals surface area contributed by atoms with Gasteiger partial charge in [-0.25, -0.2) is 4.98 Å². The van der Waals surface area contributed by atoms with Crippen LogP contribution in [0.3, 0.4) is 0 Å². The maximum absolute atomic E-state index is 12.7. The van der Waals surface area contributed by atoms with Gasteiger partial charge >= 0.3 is 6.18 Å². The topological polar surface area (TPSA) is 49.3 Å². The maximum Gasteiger partial charge on any atom is 0.416 e. The zero-order valence-corrected chi connectivity index (χ0v) is 17.9. The van der Waals surface area contributed by atoms with Crippen LogP contribution in [0.15, 0.2) is 29.3 Å². The van der Waals surface area contributed by atoms with Crippen LogP contribution in [0.5, 0.6) is 0 Å². The molecule has 0 aliphatic carbocycles. The van der Waals surface area contributed by atoms with Gasteiger partial charge in [-0.2, -0.15) is 13.2 Å². The number of alkyl halides is 3. The van der Waals surface area contributed by atoms with E-state index in [-0.39, 0.29) is 30.5 Å². The molecule has 0 aliphatic heterocycles. The highest BCUT2D eigenvalue weighted by atomic mass is 127. The molecule has 2 aromatic rings. The molecule has 0 atom stereocenters. The van der Waals surface area contributed by atoms with Gasteiger partial charge in [0.05, 0.1) is 16.3 Å². The molecule has 0 saturated heterocycles. The second kappa shape index (κ2) is 10.1. The predicted molar refractivity (Wildman–Crippen MR) is 110 cm³/mol. The average Bonchev–Trinajstić information content (AvgIpc) is 2.88. The van der Waals surface area contributed by atoms with Crippen LogP contribution in [0.1, 0.15) is 26.7 Å². The molecular weight excluding hydrogens is 476 g/mol. The highest BCUT2D eigenvalue weighted by Gasteiger charge is 2.30. The van der Waals surface area contributed by atoms with E-state index in [4.69, 9.17) is 0 Å². The molecule has 2 rings (SSSR count). The third-order valence-corrected chi connectivity index (χ3v) is 4.77. The van der Waals surface area contributed by atoms with Gasteiger partial charge in [-0.3, -0.25) is 4.99 Å². The molecule has 0 saturated carbocycles. The molecule has 0 fully saturated rings. The standard InChI is InChI=1S/C17H21F3N4S.HI/c1-11-12(2)25-15(24-11)7-8-22-16(21-3)23-10-13-5-4-6-14(9-13)17(18,19)20;/h4-6,9H,7-8,10H2,1-3H3,(H2,21,22,23);1H. The van der Waals surface area contributed by atoms with Crippen molar-refractivity contribution in [3.63, 3.8) is 0 Å². The summed E-state index contributed by atoms with van der Waals surface area (Å²) in [6, 6.07) is 5.26. The van der Waals surface area contributed by atoms with Crippen molar-refractivity contribution in [3.8, 4) is 0 Å². The van der Waals surface area contributed by atoms with Crippen molar-refractivity contribution in [3.05, 3.63) is 51.0 Å². The number of hydrogen-bond donors (Lipinski definition) is 2. The van der Waals surface area contributed by atoms with Gasteiger partial charge in [-0.15, -0.1) is 35.3 Å². The first-order valence-corrected chi connectivity index (χ1v) is 8.65. The van der Waals surface area contributed by atoms with Crippen LogP contribution in [0.2, 0.25) is 0 Å². The lowest BCUT2D eigenvalue weighted by Gasteiger charge is -2.13. The molecule has 144 valence electrons. The average molecular weight is 498 g/mol. The number of aromatic nitrogens is 1. The molecule has 4 nitrogen and oxygen atoms in total. The van der Waals surface area contributed by atoms with Crippen molar-refractivity contribution in [2.45, 2.75) is 33.0 Å². The number of thiazole rings is 1. The number of aryl methyl sites for hydroxylation is 2. The van der Waals surface area contributed by atoms with Crippen LogP contribution in [-0.2, 0) is 19.1 Å². The fourth-order valence-electron chi connectivity index (χ4n) is 2.20. The van der Waals surface area contributed by atoms with Crippen LogP contribution in [0, 0.1) is 13.8 Å². The van der Waals surface area contributed by atoms with Crippen LogP contribution in [-0.4, -0.2) is 24.5 Å². The van der Waals surface area contributed by atoms with E-state index < -0.39 is 11.7 Å². The molecule has 9 heteroatoms. The van der Waals surface area contributed by atoms with Crippen LogP contribution < -0.4 is 10.6 Å². The molecule has 0 spiro atoms. The summed E-state index contributed by atoms with van der Waals surface area (Å²) in [5, 5.41) is 7.22. The van der Waals surface area contributed by atoms with E-state index in [1.165, 1.54) is 10.9 Å². The lowest BCUT2D eigenvalue weighted by Crippen LogP contribution is -2.37. The Morgan fingerprint density at radius 1 is 1.23 bits per heavy atom. The number of aliphatic imine (C=N–C) groups is 1. The van der Waals surface area contributed by atoms with Gasteiger partial charge in [0.15, 0.2) is 5.96 Å². The second-order valence-electron chi connectivity index (χ2n) is 5.55. The van der Waals surface area contributed by atoms with Crippen LogP contribution in [0.25, 0.3) is 0 Å². The third kappa shape index (κ3) is 6.75. The maximum atomic E-state index is 12.7. The van der Waals surface area contributed by atoms with E-state index >= 15 is 0 Å². The number of rotatable bonds is 5. The van der Waals surface area contributed by atoms with Gasteiger partial charge in [0.25, 0.3) is 0 Å². The quantitative estimate of drug-likeness (QED) is 0.367. The van der Waals surface area contributed by atoms with Crippen molar-refractivity contribution in [1.29, 1.82) is 0 Å². The molecular formula is C17H22F3IN4S. The largest absolute Gasteiger partial charge is 0.416 e. The molecule has 26 heavy (non-hydrogen) atoms. The first-order valence-electron chi connectivity index (χ1n) is 7.83. The number of benzene rings is 1. The summed E-state index contributed by atoms with van der Waals surface area (Å²) in [4.78, 5) is 9.76. The smallest absolute Gasteiger partial charge is 0.356 e. The van der Waals surface area contributed by atoms with Crippen molar-refractivity contribution in [2.75, 3.05) is 13.6 Å². The summed E-state index contributed by atoms with van der Waals surface area (Å²) >= 11 is 1.67. The highest BCUT2D eigenvalue weighted by Crippen LogP contribution is 2.29. The monoisotopic (exact) mass is 498 g/mol. The Balaban J connectivity index is 0.00000338. The Hall–Kier alpha value is -1.36. The second-order valence-corrected chi connectivity index (χ2v) is 6.84. The normalized spacial score (nSPS) is 11.8. The number of halogens is 4. The predicted octanol–water partition coefficient (Wildman–Crippen LogP) is 4.30. The van der Waals surface area contributed by atoms with Gasteiger partial charge in [0, 0.05) is 31.4 Å². The van der Waals surface area contributed by atoms with Crippen LogP contribution in [0.4, 0.5) is 13.2 Å². The first kappa shape index (κ1) is 22.7. The molecule has 1 aromatic carbocycles. The van der Waals surface area contributed by atoms with Crippen molar-refractivity contribution < 1.29 is 13.2 Å². The summed E-state index contributed by atoms with van der Waals surface area (Å²) in [6.07, 6.45) is -3.57. The molecule has 0 unspecified atom stereocenters. The van der Waals surface area contributed by atoms with Gasteiger partial charge in [-0.1, -0.05) is 12.1 Å². The number of hydrogen-bond acceptors (Lipinski definition) is 3. The molecule has 1 heterocycles. The highest BCUT2D eigenvalue weighted by molar-refractivity contribution is 14.0. The Kier molecular flexibility index (Phi) is 8.81. The fraction of sp³-hybridized carbons (Fsp3) is 0.412. The lowest BCUT2D eigenvalue weighted by atomic mass is 10.1. The summed E-state index contributed by atoms with van der Waals surface area (Å²) in [6.45, 7) is 4.94. The molecule has 0 bridgehead atoms. The van der Waals surface area contributed by atoms with E-state index in [9.17, 15) is 13.2 Å². The lowest BCUT2D eigenvalue weighted by molar-refractivity contribution is -0.137. The molecule has 0 aliphatic rings. The SMILES string of the molecule is CN=C(NCCc1nc(C)c(C)s1)NCc1cccc(C(F)(F)F)c1.I. The summed E-state index contributed by atoms with van der Waals surface area (Å²) in [7, 11) is 1.62. The van der Waals surface area contributed by atoms with E-state index in [1.54, 1.807) is 24.5 Å². The molecule has 2 N–H and O–H groups in total. The number of nitrogens with one attached hydrogen (secondary N) is 2. The third-order valence-electron chi connectivity index (χ3n) is 3.64. The van der Waals surface area contributed by atoms with Crippen molar-refractivity contribution in [1.82, 2.24) is 15.6 Å². The molecule has 0 radical (unpaired) electrons. The summed E-state index contributed by atoms with van der Waals surface area (Å²) < 4.78 is 38.2. The van der Waals surface area contributed by atoms with Crippen molar-refractivity contribution in [2.24, 2.45) is 4.99 Å². The molecule has 1 aromatic heterocycles. The van der Waals surface area contributed by atoms with E-state index in [0.717, 1.165) is 29.3 Å². The Bertz CT molecular complexity index is 724. The number of nitrogens with zero attached hydrogens (tertiary/aromatic N) is 2. The van der Waals surface area contributed by atoms with Gasteiger partial charge in [0.1, 0.15) is 0 Å². The minimum absolute atomic E-state index is 0. The Labute approximate surface area is 172 Å². The van der Waals surface area contributed by atoms with Gasteiger partial charge < -0.3 is 10.6 Å². The van der Waals surface area contributed by atoms with Crippen LogP contribution >= 0.6 is 35.3 Å². The Morgan fingerprint density at radius 3 is 2.54 bits per heavy atom. The zero-order chi connectivity index (χ0) is 18.4. The summed E-state index contributed by atoms with van der Waals surface area (Å²) in [5.41, 5.74) is 0.945.